The van der Waals surface area contributed by atoms with E-state index in [1.54, 1.807) is 0 Å². The molecule has 11 nitrogen and oxygen atoms in total. The molecule has 0 aromatic heterocycles. The SMILES string of the molecule is CCCCCCCCCCCCCCCCCCCCCCCCCCCCCCC(O)C(=O)NC(COC1OC(CO)C(O)C(O)C1O)C(O)C(O)CCCCCCCCCCCCCC. The molecule has 67 heavy (non-hydrogen) atoms. The van der Waals surface area contributed by atoms with Gasteiger partial charge >= 0.3 is 0 Å². The molecular formula is C56H111NO10. The molecule has 0 radical (unpaired) electrons. The predicted molar refractivity (Wildman–Crippen MR) is 275 cm³/mol. The summed E-state index contributed by atoms with van der Waals surface area (Å²) in [5, 5.41) is 76.0. The molecule has 0 bridgehead atoms. The minimum atomic E-state index is -1.66. The Balaban J connectivity index is 2.21. The second kappa shape index (κ2) is 46.2. The van der Waals surface area contributed by atoms with Gasteiger partial charge in [0.2, 0.25) is 5.91 Å². The molecule has 9 atom stereocenters. The number of hydrogen-bond donors (Lipinski definition) is 8. The molecule has 1 rings (SSSR count). The molecule has 0 aliphatic carbocycles. The molecule has 0 aromatic rings. The fourth-order valence-corrected chi connectivity index (χ4v) is 9.68. The summed E-state index contributed by atoms with van der Waals surface area (Å²) in [6.07, 6.45) is 40.3. The Morgan fingerprint density at radius 1 is 0.463 bits per heavy atom. The molecule has 1 amide bonds. The first-order chi connectivity index (χ1) is 32.7. The number of nitrogens with one attached hydrogen (secondary N) is 1. The van der Waals surface area contributed by atoms with Crippen LogP contribution in [0.3, 0.4) is 0 Å². The van der Waals surface area contributed by atoms with Gasteiger partial charge in [-0.25, -0.2) is 0 Å². The van der Waals surface area contributed by atoms with E-state index < -0.39 is 74.2 Å². The lowest BCUT2D eigenvalue weighted by Crippen LogP contribution is -2.60. The number of unbranched alkanes of at least 4 members (excludes halogenated alkanes) is 38. The summed E-state index contributed by atoms with van der Waals surface area (Å²) in [7, 11) is 0. The van der Waals surface area contributed by atoms with Crippen molar-refractivity contribution in [3.8, 4) is 0 Å². The maximum Gasteiger partial charge on any atom is 0.249 e. The van der Waals surface area contributed by atoms with Gasteiger partial charge in [-0.05, 0) is 12.8 Å². The highest BCUT2D eigenvalue weighted by molar-refractivity contribution is 5.80. The van der Waals surface area contributed by atoms with Crippen LogP contribution in [0.1, 0.15) is 284 Å². The second-order valence-corrected chi connectivity index (χ2v) is 20.7. The molecule has 0 saturated carbocycles. The van der Waals surface area contributed by atoms with Crippen LogP contribution < -0.4 is 5.32 Å². The molecule has 400 valence electrons. The summed E-state index contributed by atoms with van der Waals surface area (Å²) in [6, 6.07) is -1.16. The van der Waals surface area contributed by atoms with Crippen LogP contribution >= 0.6 is 0 Å². The smallest absolute Gasteiger partial charge is 0.249 e. The Hall–Kier alpha value is -0.890. The third kappa shape index (κ3) is 35.0. The zero-order chi connectivity index (χ0) is 49.0. The van der Waals surface area contributed by atoms with Gasteiger partial charge in [0.15, 0.2) is 6.29 Å². The molecule has 1 fully saturated rings. The van der Waals surface area contributed by atoms with Crippen LogP contribution in [0.5, 0.6) is 0 Å². The first-order valence-electron chi connectivity index (χ1n) is 28.9. The number of aliphatic hydroxyl groups is 7. The van der Waals surface area contributed by atoms with Crippen molar-refractivity contribution in [1.29, 1.82) is 0 Å². The van der Waals surface area contributed by atoms with Crippen molar-refractivity contribution in [2.24, 2.45) is 0 Å². The van der Waals surface area contributed by atoms with Gasteiger partial charge in [-0.3, -0.25) is 4.79 Å². The molecule has 8 N–H and O–H groups in total. The van der Waals surface area contributed by atoms with Gasteiger partial charge in [0.25, 0.3) is 0 Å². The summed E-state index contributed by atoms with van der Waals surface area (Å²) in [5.74, 6) is -0.691. The molecular weight excluding hydrogens is 847 g/mol. The molecule has 1 aliphatic rings. The Labute approximate surface area is 411 Å². The van der Waals surface area contributed by atoms with Crippen molar-refractivity contribution < 1.29 is 50.0 Å². The van der Waals surface area contributed by atoms with Crippen LogP contribution in [0, 0.1) is 0 Å². The Kier molecular flexibility index (Phi) is 44.2. The van der Waals surface area contributed by atoms with Crippen LogP contribution in [-0.2, 0) is 14.3 Å². The van der Waals surface area contributed by atoms with Crippen molar-refractivity contribution >= 4 is 5.91 Å². The van der Waals surface area contributed by atoms with Crippen LogP contribution in [-0.4, -0.2) is 110 Å². The van der Waals surface area contributed by atoms with E-state index in [0.29, 0.717) is 19.3 Å². The van der Waals surface area contributed by atoms with E-state index in [0.717, 1.165) is 38.5 Å². The average molecular weight is 959 g/mol. The maximum absolute atomic E-state index is 13.1. The largest absolute Gasteiger partial charge is 0.394 e. The Bertz CT molecular complexity index is 1050. The maximum atomic E-state index is 13.1. The first kappa shape index (κ1) is 64.1. The molecule has 1 aliphatic heterocycles. The van der Waals surface area contributed by atoms with Crippen molar-refractivity contribution in [2.75, 3.05) is 13.2 Å². The van der Waals surface area contributed by atoms with E-state index >= 15 is 0 Å². The second-order valence-electron chi connectivity index (χ2n) is 20.7. The van der Waals surface area contributed by atoms with E-state index in [1.807, 2.05) is 0 Å². The molecule has 0 spiro atoms. The van der Waals surface area contributed by atoms with Crippen LogP contribution in [0.4, 0.5) is 0 Å². The number of carbonyl (C=O) groups excluding carboxylic acids is 1. The van der Waals surface area contributed by atoms with E-state index in [-0.39, 0.29) is 6.42 Å². The summed E-state index contributed by atoms with van der Waals surface area (Å²) in [5.41, 5.74) is 0. The van der Waals surface area contributed by atoms with Crippen LogP contribution in [0.15, 0.2) is 0 Å². The lowest BCUT2D eigenvalue weighted by molar-refractivity contribution is -0.303. The topological polar surface area (TPSA) is 189 Å². The van der Waals surface area contributed by atoms with Crippen molar-refractivity contribution in [3.05, 3.63) is 0 Å². The summed E-state index contributed by atoms with van der Waals surface area (Å²) < 4.78 is 11.1. The highest BCUT2D eigenvalue weighted by Crippen LogP contribution is 2.24. The van der Waals surface area contributed by atoms with Gasteiger partial charge in [0.05, 0.1) is 25.4 Å². The van der Waals surface area contributed by atoms with Gasteiger partial charge in [-0.2, -0.15) is 0 Å². The molecule has 9 unspecified atom stereocenters. The third-order valence-electron chi connectivity index (χ3n) is 14.4. The zero-order valence-corrected chi connectivity index (χ0v) is 43.7. The van der Waals surface area contributed by atoms with Crippen molar-refractivity contribution in [3.63, 3.8) is 0 Å². The monoisotopic (exact) mass is 958 g/mol. The average Bonchev–Trinajstić information content (AvgIpc) is 3.33. The summed E-state index contributed by atoms with van der Waals surface area (Å²) >= 11 is 0. The summed E-state index contributed by atoms with van der Waals surface area (Å²) in [6.45, 7) is 3.47. The predicted octanol–water partition coefficient (Wildman–Crippen LogP) is 11.8. The van der Waals surface area contributed by atoms with Gasteiger partial charge in [-0.1, -0.05) is 271 Å². The van der Waals surface area contributed by atoms with Gasteiger partial charge in [0, 0.05) is 0 Å². The molecule has 11 heteroatoms. The zero-order valence-electron chi connectivity index (χ0n) is 43.7. The number of rotatable bonds is 50. The Morgan fingerprint density at radius 2 is 0.776 bits per heavy atom. The van der Waals surface area contributed by atoms with Crippen molar-refractivity contribution in [1.82, 2.24) is 5.32 Å². The van der Waals surface area contributed by atoms with E-state index in [4.69, 9.17) is 9.47 Å². The van der Waals surface area contributed by atoms with E-state index in [9.17, 15) is 40.5 Å². The van der Waals surface area contributed by atoms with Crippen LogP contribution in [0.25, 0.3) is 0 Å². The highest BCUT2D eigenvalue weighted by Gasteiger charge is 2.44. The normalized spacial score (nSPS) is 20.5. The number of aliphatic hydroxyl groups excluding tert-OH is 7. The fraction of sp³-hybridized carbons (Fsp3) is 0.982. The standard InChI is InChI=1S/C56H111NO10/c1-3-5-7-9-11-13-15-17-18-19-20-21-22-23-24-25-26-27-28-29-30-31-32-34-36-38-40-42-44-49(60)55(65)57-47(46-66-56-54(64)53(63)52(62)50(45-58)67-56)51(61)48(59)43-41-39-37-35-33-16-14-12-10-8-6-4-2/h47-54,56,58-64H,3-46H2,1-2H3,(H,57,65). The van der Waals surface area contributed by atoms with Gasteiger partial charge in [-0.15, -0.1) is 0 Å². The Morgan fingerprint density at radius 3 is 1.10 bits per heavy atom. The van der Waals surface area contributed by atoms with Gasteiger partial charge < -0.3 is 50.5 Å². The minimum absolute atomic E-state index is 0.267. The summed E-state index contributed by atoms with van der Waals surface area (Å²) in [4.78, 5) is 13.1. The van der Waals surface area contributed by atoms with Crippen molar-refractivity contribution in [2.45, 2.75) is 339 Å². The van der Waals surface area contributed by atoms with E-state index in [1.165, 1.54) is 205 Å². The molecule has 1 heterocycles. The lowest BCUT2D eigenvalue weighted by atomic mass is 9.98. The molecule has 0 aromatic carbocycles. The number of ether oxygens (including phenoxy) is 2. The van der Waals surface area contributed by atoms with Crippen LogP contribution in [0.2, 0.25) is 0 Å². The van der Waals surface area contributed by atoms with E-state index in [2.05, 4.69) is 19.2 Å². The minimum Gasteiger partial charge on any atom is -0.394 e. The fourth-order valence-electron chi connectivity index (χ4n) is 9.68. The first-order valence-corrected chi connectivity index (χ1v) is 28.9. The molecule has 1 saturated heterocycles. The number of hydrogen-bond acceptors (Lipinski definition) is 10. The lowest BCUT2D eigenvalue weighted by Gasteiger charge is -2.40. The quantitative estimate of drug-likeness (QED) is 0.0273. The number of carbonyl (C=O) groups is 1. The number of amides is 1. The third-order valence-corrected chi connectivity index (χ3v) is 14.4. The highest BCUT2D eigenvalue weighted by atomic mass is 16.7. The van der Waals surface area contributed by atoms with Gasteiger partial charge in [0.1, 0.15) is 36.6 Å².